The average Bonchev–Trinajstić information content (AvgIpc) is 1.55. The van der Waals surface area contributed by atoms with Crippen LogP contribution in [-0.2, 0) is 0 Å². The summed E-state index contributed by atoms with van der Waals surface area (Å²) in [7, 11) is 0. The molecule has 0 fully saturated rings. The maximum absolute atomic E-state index is 16.5. The summed E-state index contributed by atoms with van der Waals surface area (Å²) in [5.41, 5.74) is 23.1. The zero-order valence-electron chi connectivity index (χ0n) is 76.3. The first-order valence-corrected chi connectivity index (χ1v) is 47.9. The first-order chi connectivity index (χ1) is 71.1. The van der Waals surface area contributed by atoms with Crippen molar-refractivity contribution in [1.29, 1.82) is 0 Å². The zero-order chi connectivity index (χ0) is 95.0. The molecular weight excluding hydrogens is 1790 g/mol. The minimum absolute atomic E-state index is 0.330. The standard InChI is InChI=1S/C126H72F4N14/c127-81-26-22-28-83(69-81)137-101-39-13-4-30-85(101)90-61-62-92-87-32-6-17-43-105(87)143(119(92)117(90)137)125-133-122(79-56-52-74(53-57-79)73-24-2-1-3-25-73)134-126(136-125)144-108-65-60-80(68-96(108)93-64-63-91-86-31-5-14-40-102(86)138(118(91)120(93)144)84-29-23-27-82(128)70-84)77-50-48-75(49-51-77)76-54-58-78(59-55-76)121-131-123(141-107-45-19-10-36-95(107)116-112(141)67-66-111-115(116)94-35-9-18-44-106(94)139(111)109-46-20-11-37-99(109)129)135-124(132-121)142-104-42-16-8-34-89(104)98-71-97-88-33-7-15-41-103(88)140(113(97)72-114(98)142)110-47-21-12-38-100(110)130/h1-72H. The van der Waals surface area contributed by atoms with Crippen LogP contribution in [0.4, 0.5) is 17.6 Å². The molecule has 0 saturated heterocycles. The molecule has 0 aliphatic carbocycles. The Balaban J connectivity index is 0.597. The Morgan fingerprint density at radius 3 is 0.882 bits per heavy atom. The summed E-state index contributed by atoms with van der Waals surface area (Å²) >= 11 is 0. The van der Waals surface area contributed by atoms with Crippen molar-refractivity contribution < 1.29 is 17.6 Å². The second kappa shape index (κ2) is 31.0. The minimum atomic E-state index is -0.375. The summed E-state index contributed by atoms with van der Waals surface area (Å²) in [4.78, 5) is 34.1. The van der Waals surface area contributed by atoms with E-state index < -0.39 is 0 Å². The largest absolute Gasteiger partial charge is 0.307 e. The quantitative estimate of drug-likeness (QED) is 0.106. The van der Waals surface area contributed by atoms with E-state index in [9.17, 15) is 0 Å². The van der Waals surface area contributed by atoms with E-state index >= 15 is 17.6 Å². The van der Waals surface area contributed by atoms with Gasteiger partial charge in [0.15, 0.2) is 11.6 Å². The molecule has 10 aromatic heterocycles. The number of benzene rings is 20. The van der Waals surface area contributed by atoms with Gasteiger partial charge in [-0.1, -0.05) is 297 Å². The lowest BCUT2D eigenvalue weighted by atomic mass is 9.98. The van der Waals surface area contributed by atoms with Crippen LogP contribution in [0.2, 0.25) is 0 Å². The Bertz CT molecular complexity index is 10800. The summed E-state index contributed by atoms with van der Waals surface area (Å²) in [5.74, 6) is 0.811. The molecule has 144 heavy (non-hydrogen) atoms. The Morgan fingerprint density at radius 2 is 0.438 bits per heavy atom. The molecule has 14 nitrogen and oxygen atoms in total. The summed E-state index contributed by atoms with van der Waals surface area (Å²) in [6.07, 6.45) is 0. The van der Waals surface area contributed by atoms with Crippen molar-refractivity contribution >= 4 is 174 Å². The molecule has 0 atom stereocenters. The maximum Gasteiger partial charge on any atom is 0.240 e. The van der Waals surface area contributed by atoms with Gasteiger partial charge in [-0.3, -0.25) is 18.3 Å². The van der Waals surface area contributed by atoms with Crippen molar-refractivity contribution in [2.75, 3.05) is 0 Å². The molecule has 0 unspecified atom stereocenters. The zero-order valence-corrected chi connectivity index (χ0v) is 76.3. The van der Waals surface area contributed by atoms with Crippen LogP contribution >= 0.6 is 0 Å². The average molecular weight is 1860 g/mol. The first-order valence-electron chi connectivity index (χ1n) is 47.9. The van der Waals surface area contributed by atoms with E-state index in [1.807, 2.05) is 143 Å². The number of halogens is 4. The van der Waals surface area contributed by atoms with E-state index in [-0.39, 0.29) is 23.3 Å². The Hall–Kier alpha value is -19.5. The molecule has 0 amide bonds. The predicted octanol–water partition coefficient (Wildman–Crippen LogP) is 31.7. The number of nitrogens with zero attached hydrogens (tertiary/aromatic N) is 14. The van der Waals surface area contributed by atoms with E-state index in [2.05, 4.69) is 270 Å². The maximum atomic E-state index is 16.5. The fourth-order valence-electron chi connectivity index (χ4n) is 23.1. The molecule has 0 N–H and O–H groups in total. The summed E-state index contributed by atoms with van der Waals surface area (Å²) in [6, 6.07) is 145. The van der Waals surface area contributed by atoms with Gasteiger partial charge in [-0.2, -0.15) is 29.9 Å². The highest BCUT2D eigenvalue weighted by Crippen LogP contribution is 2.50. The van der Waals surface area contributed by atoms with Gasteiger partial charge in [-0.05, 0) is 173 Å². The van der Waals surface area contributed by atoms with Gasteiger partial charge in [-0.25, -0.2) is 17.6 Å². The number of aromatic nitrogens is 14. The predicted molar refractivity (Wildman–Crippen MR) is 575 cm³/mol. The number of hydrogen-bond acceptors (Lipinski definition) is 6. The van der Waals surface area contributed by atoms with E-state index in [0.717, 1.165) is 219 Å². The Labute approximate surface area is 815 Å². The monoisotopic (exact) mass is 1860 g/mol. The van der Waals surface area contributed by atoms with Gasteiger partial charge < -0.3 is 18.3 Å². The van der Waals surface area contributed by atoms with Gasteiger partial charge in [0.05, 0.1) is 99.6 Å². The molecule has 0 saturated carbocycles. The lowest BCUT2D eigenvalue weighted by Gasteiger charge is -2.15. The van der Waals surface area contributed by atoms with Gasteiger partial charge in [0, 0.05) is 109 Å². The molecule has 30 rings (SSSR count). The fourth-order valence-corrected chi connectivity index (χ4v) is 23.1. The number of para-hydroxylation sites is 9. The molecule has 30 aromatic rings. The van der Waals surface area contributed by atoms with Gasteiger partial charge in [0.1, 0.15) is 23.3 Å². The second-order valence-electron chi connectivity index (χ2n) is 37.0. The van der Waals surface area contributed by atoms with E-state index in [0.29, 0.717) is 58.2 Å². The third-order valence-corrected chi connectivity index (χ3v) is 29.3. The van der Waals surface area contributed by atoms with E-state index in [4.69, 9.17) is 29.9 Å². The SMILES string of the molecule is Fc1cccc(-n2c3ccccc3c3ccc4c5ccccc5n(-c5nc(-c6ccc(-c7ccccc7)cc6)nc(-n6c7ccc(-c8ccc(-c9ccc(-c%10nc(-n%11c%12ccccc%12c%12cc%13c%14ccccc%14n(-c%14ccccc%14F)c%13cc%12%11)nc(-n%11c%12ccccc%12c%12c%13c%14ccccc%14n(-c%14ccccc%14F)c%13ccc%12%11)n%10)cc9)cc8)cc7c7ccc8c9ccccc9n(-c9cccc(F)c9)c8c76)n5)c4c32)c1. The molecule has 0 bridgehead atoms. The smallest absolute Gasteiger partial charge is 0.240 e. The van der Waals surface area contributed by atoms with Crippen molar-refractivity contribution in [2.45, 2.75) is 0 Å². The fraction of sp³-hybridized carbons (Fsp3) is 0. The van der Waals surface area contributed by atoms with Crippen molar-refractivity contribution in [2.24, 2.45) is 0 Å². The third kappa shape index (κ3) is 11.9. The second-order valence-corrected chi connectivity index (χ2v) is 37.0. The van der Waals surface area contributed by atoms with Gasteiger partial charge in [0.2, 0.25) is 23.8 Å². The lowest BCUT2D eigenvalue weighted by molar-refractivity contribution is 0.620. The molecular formula is C126H72F4N14. The van der Waals surface area contributed by atoms with Crippen LogP contribution in [-0.4, -0.2) is 66.4 Å². The van der Waals surface area contributed by atoms with Gasteiger partial charge >= 0.3 is 0 Å². The first kappa shape index (κ1) is 80.6. The van der Waals surface area contributed by atoms with Crippen LogP contribution < -0.4 is 0 Å². The van der Waals surface area contributed by atoms with E-state index in [1.54, 1.807) is 36.4 Å². The van der Waals surface area contributed by atoms with Crippen molar-refractivity contribution in [1.82, 2.24) is 66.4 Å². The van der Waals surface area contributed by atoms with E-state index in [1.165, 1.54) is 24.3 Å². The molecule has 20 aromatic carbocycles. The Kier molecular flexibility index (Phi) is 17.4. The normalized spacial score (nSPS) is 12.2. The van der Waals surface area contributed by atoms with Crippen LogP contribution in [0.15, 0.2) is 437 Å². The van der Waals surface area contributed by atoms with Gasteiger partial charge in [0.25, 0.3) is 0 Å². The molecule has 0 aliphatic rings. The van der Waals surface area contributed by atoms with Crippen LogP contribution in [0.5, 0.6) is 0 Å². The number of fused-ring (bicyclic) bond motifs is 27. The molecule has 18 heteroatoms. The number of hydrogen-bond donors (Lipinski definition) is 0. The number of rotatable bonds is 13. The molecule has 10 heterocycles. The summed E-state index contributed by atoms with van der Waals surface area (Å²) in [6.45, 7) is 0. The molecule has 0 radical (unpaired) electrons. The molecule has 674 valence electrons. The highest BCUT2D eigenvalue weighted by molar-refractivity contribution is 6.30. The van der Waals surface area contributed by atoms with Crippen LogP contribution in [0, 0.1) is 23.3 Å². The molecule has 0 spiro atoms. The highest BCUT2D eigenvalue weighted by Gasteiger charge is 2.32. The topological polar surface area (TPSA) is 117 Å². The Morgan fingerprint density at radius 1 is 0.153 bits per heavy atom. The van der Waals surface area contributed by atoms with Crippen molar-refractivity contribution in [3.8, 4) is 103 Å². The highest BCUT2D eigenvalue weighted by atomic mass is 19.1. The van der Waals surface area contributed by atoms with Crippen molar-refractivity contribution in [3.05, 3.63) is 460 Å². The van der Waals surface area contributed by atoms with Crippen LogP contribution in [0.25, 0.3) is 277 Å². The van der Waals surface area contributed by atoms with Crippen molar-refractivity contribution in [3.63, 3.8) is 0 Å². The minimum Gasteiger partial charge on any atom is -0.307 e. The molecule has 0 aliphatic heterocycles. The summed E-state index contributed by atoms with van der Waals surface area (Å²) < 4.78 is 81.8. The summed E-state index contributed by atoms with van der Waals surface area (Å²) in [5, 5.41) is 15.3. The van der Waals surface area contributed by atoms with Gasteiger partial charge in [-0.15, -0.1) is 0 Å². The third-order valence-electron chi connectivity index (χ3n) is 29.3. The lowest BCUT2D eigenvalue weighted by Crippen LogP contribution is -2.11. The van der Waals surface area contributed by atoms with Crippen LogP contribution in [0.3, 0.4) is 0 Å². The van der Waals surface area contributed by atoms with Crippen LogP contribution in [0.1, 0.15) is 0 Å².